The lowest BCUT2D eigenvalue weighted by molar-refractivity contribution is -0.384. The molecule has 1 rings (SSSR count). The summed E-state index contributed by atoms with van der Waals surface area (Å²) in [5, 5.41) is 20.5. The number of nitro benzene ring substituents is 1. The highest BCUT2D eigenvalue weighted by atomic mass is 16.6. The fourth-order valence-corrected chi connectivity index (χ4v) is 0.943. The van der Waals surface area contributed by atoms with E-state index in [1.165, 1.54) is 12.1 Å². The largest absolute Gasteiger partial charge is 0.269 e. The second-order valence-corrected chi connectivity index (χ2v) is 2.38. The molecule has 63 valence electrons. The highest BCUT2D eigenvalue weighted by Crippen LogP contribution is 2.12. The Morgan fingerprint density at radius 2 is 2.17 bits per heavy atom. The van der Waals surface area contributed by atoms with Crippen LogP contribution in [0.4, 0.5) is 5.69 Å². The van der Waals surface area contributed by atoms with E-state index in [1.807, 2.05) is 0 Å². The van der Waals surface area contributed by atoms with Crippen molar-refractivity contribution in [3.05, 3.63) is 39.9 Å². The maximum atomic E-state index is 10.3. The van der Waals surface area contributed by atoms with E-state index >= 15 is 0 Å². The van der Waals surface area contributed by atoms with E-state index in [0.29, 0.717) is 6.42 Å². The van der Waals surface area contributed by atoms with Gasteiger partial charge in [0.25, 0.3) is 5.69 Å². The summed E-state index contributed by atoms with van der Waals surface area (Å²) in [6.45, 7) is -0.235. The van der Waals surface area contributed by atoms with Gasteiger partial charge in [0.2, 0.25) is 0 Å². The van der Waals surface area contributed by atoms with E-state index in [4.69, 9.17) is 0 Å². The van der Waals surface area contributed by atoms with Crippen LogP contribution in [0.5, 0.6) is 0 Å². The van der Waals surface area contributed by atoms with E-state index in [-0.39, 0.29) is 12.3 Å². The van der Waals surface area contributed by atoms with Gasteiger partial charge in [0.1, 0.15) is 0 Å². The lowest BCUT2D eigenvalue weighted by Crippen LogP contribution is -1.92. The SMILES string of the molecule is [O]CCc1cccc([N+](=O)[O-])c1. The number of rotatable bonds is 3. The quantitative estimate of drug-likeness (QED) is 0.505. The van der Waals surface area contributed by atoms with Gasteiger partial charge in [-0.2, -0.15) is 0 Å². The van der Waals surface area contributed by atoms with E-state index in [1.54, 1.807) is 12.1 Å². The Bertz CT molecular complexity index is 285. The number of nitrogens with zero attached hydrogens (tertiary/aromatic N) is 1. The van der Waals surface area contributed by atoms with Crippen LogP contribution in [0.25, 0.3) is 0 Å². The summed E-state index contributed by atoms with van der Waals surface area (Å²) in [5.41, 5.74) is 0.764. The van der Waals surface area contributed by atoms with Crippen molar-refractivity contribution in [2.45, 2.75) is 6.42 Å². The average Bonchev–Trinajstić information content (AvgIpc) is 2.05. The molecule has 0 bridgehead atoms. The topological polar surface area (TPSA) is 63.0 Å². The zero-order valence-electron chi connectivity index (χ0n) is 6.40. The van der Waals surface area contributed by atoms with E-state index in [0.717, 1.165) is 5.56 Å². The van der Waals surface area contributed by atoms with Gasteiger partial charge in [0, 0.05) is 12.1 Å². The molecule has 0 amide bonds. The number of nitro groups is 1. The van der Waals surface area contributed by atoms with Crippen molar-refractivity contribution in [1.82, 2.24) is 0 Å². The Balaban J connectivity index is 2.88. The van der Waals surface area contributed by atoms with E-state index in [2.05, 4.69) is 0 Å². The number of non-ortho nitro benzene ring substituents is 1. The summed E-state index contributed by atoms with van der Waals surface area (Å²) in [6, 6.07) is 6.14. The van der Waals surface area contributed by atoms with E-state index < -0.39 is 4.92 Å². The molecule has 0 aromatic heterocycles. The van der Waals surface area contributed by atoms with Crippen molar-refractivity contribution in [1.29, 1.82) is 0 Å². The molecule has 0 atom stereocenters. The second kappa shape index (κ2) is 3.82. The number of benzene rings is 1. The Kier molecular flexibility index (Phi) is 2.76. The molecular weight excluding hydrogens is 158 g/mol. The molecule has 0 N–H and O–H groups in total. The maximum Gasteiger partial charge on any atom is 0.269 e. The van der Waals surface area contributed by atoms with Crippen LogP contribution in [0.1, 0.15) is 5.56 Å². The molecule has 1 radical (unpaired) electrons. The highest BCUT2D eigenvalue weighted by Gasteiger charge is 2.04. The molecule has 0 heterocycles. The van der Waals surface area contributed by atoms with Crippen molar-refractivity contribution in [2.75, 3.05) is 6.61 Å². The van der Waals surface area contributed by atoms with Gasteiger partial charge in [-0.1, -0.05) is 12.1 Å². The molecule has 4 heteroatoms. The standard InChI is InChI=1S/C8H8NO3/c10-5-4-7-2-1-3-8(6-7)9(11)12/h1-3,6H,4-5H2. The van der Waals surface area contributed by atoms with Crippen molar-refractivity contribution in [3.63, 3.8) is 0 Å². The van der Waals surface area contributed by atoms with Gasteiger partial charge in [0.15, 0.2) is 0 Å². The van der Waals surface area contributed by atoms with Crippen LogP contribution in [0.15, 0.2) is 24.3 Å². The minimum atomic E-state index is -0.464. The van der Waals surface area contributed by atoms with Crippen molar-refractivity contribution in [3.8, 4) is 0 Å². The van der Waals surface area contributed by atoms with E-state index in [9.17, 15) is 15.2 Å². The predicted octanol–water partition coefficient (Wildman–Crippen LogP) is 1.57. The highest BCUT2D eigenvalue weighted by molar-refractivity contribution is 5.34. The Hall–Kier alpha value is -1.42. The molecule has 0 unspecified atom stereocenters. The van der Waals surface area contributed by atoms with Crippen molar-refractivity contribution in [2.24, 2.45) is 0 Å². The lowest BCUT2D eigenvalue weighted by atomic mass is 10.1. The van der Waals surface area contributed by atoms with Gasteiger partial charge < -0.3 is 0 Å². The van der Waals surface area contributed by atoms with Gasteiger partial charge in [-0.15, -0.1) is 0 Å². The van der Waals surface area contributed by atoms with Crippen molar-refractivity contribution < 1.29 is 10.0 Å². The van der Waals surface area contributed by atoms with Gasteiger partial charge in [-0.25, -0.2) is 5.11 Å². The third kappa shape index (κ3) is 2.03. The summed E-state index contributed by atoms with van der Waals surface area (Å²) < 4.78 is 0. The lowest BCUT2D eigenvalue weighted by Gasteiger charge is -1.95. The molecule has 0 saturated heterocycles. The molecule has 0 saturated carbocycles. The van der Waals surface area contributed by atoms with Gasteiger partial charge >= 0.3 is 0 Å². The minimum absolute atomic E-state index is 0.0425. The Labute approximate surface area is 69.6 Å². The molecule has 0 aliphatic heterocycles. The smallest absolute Gasteiger partial charge is 0.258 e. The number of hydrogen-bond acceptors (Lipinski definition) is 2. The first kappa shape index (κ1) is 8.67. The van der Waals surface area contributed by atoms with Gasteiger partial charge in [0.05, 0.1) is 11.5 Å². The molecule has 0 spiro atoms. The first-order chi connectivity index (χ1) is 5.74. The Morgan fingerprint density at radius 1 is 1.42 bits per heavy atom. The van der Waals surface area contributed by atoms with Crippen LogP contribution in [0.3, 0.4) is 0 Å². The average molecular weight is 166 g/mol. The first-order valence-electron chi connectivity index (χ1n) is 3.55. The molecule has 4 nitrogen and oxygen atoms in total. The molecule has 0 fully saturated rings. The van der Waals surface area contributed by atoms with Crippen LogP contribution in [-0.2, 0) is 11.5 Å². The number of hydrogen-bond donors (Lipinski definition) is 0. The fraction of sp³-hybridized carbons (Fsp3) is 0.250. The maximum absolute atomic E-state index is 10.3. The third-order valence-electron chi connectivity index (χ3n) is 1.51. The second-order valence-electron chi connectivity index (χ2n) is 2.38. The normalized spacial score (nSPS) is 9.75. The molecule has 1 aromatic rings. The van der Waals surface area contributed by atoms with Crippen LogP contribution < -0.4 is 0 Å². The monoisotopic (exact) mass is 166 g/mol. The summed E-state index contributed by atoms with van der Waals surface area (Å²) >= 11 is 0. The molecule has 12 heavy (non-hydrogen) atoms. The summed E-state index contributed by atoms with van der Waals surface area (Å²) in [7, 11) is 0. The molecule has 0 aliphatic carbocycles. The van der Waals surface area contributed by atoms with Crippen LogP contribution in [0.2, 0.25) is 0 Å². The summed E-state index contributed by atoms with van der Waals surface area (Å²) in [4.78, 5) is 9.82. The summed E-state index contributed by atoms with van der Waals surface area (Å²) in [6.07, 6.45) is 0.349. The molecule has 1 aromatic carbocycles. The Morgan fingerprint density at radius 3 is 2.75 bits per heavy atom. The molecular formula is C8H8NO3. The minimum Gasteiger partial charge on any atom is -0.258 e. The zero-order valence-corrected chi connectivity index (χ0v) is 6.40. The zero-order chi connectivity index (χ0) is 8.97. The van der Waals surface area contributed by atoms with Crippen LogP contribution in [-0.4, -0.2) is 11.5 Å². The third-order valence-corrected chi connectivity index (χ3v) is 1.51. The van der Waals surface area contributed by atoms with Gasteiger partial charge in [-0.3, -0.25) is 10.1 Å². The van der Waals surface area contributed by atoms with Gasteiger partial charge in [-0.05, 0) is 12.0 Å². The van der Waals surface area contributed by atoms with Crippen LogP contribution in [0, 0.1) is 10.1 Å². The first-order valence-corrected chi connectivity index (χ1v) is 3.55. The fourth-order valence-electron chi connectivity index (χ4n) is 0.943. The van der Waals surface area contributed by atoms with Crippen molar-refractivity contribution >= 4 is 5.69 Å². The van der Waals surface area contributed by atoms with Crippen LogP contribution >= 0.6 is 0 Å². The molecule has 0 aliphatic rings. The predicted molar refractivity (Wildman–Crippen MR) is 42.4 cm³/mol. The summed E-state index contributed by atoms with van der Waals surface area (Å²) in [5.74, 6) is 0.